The molecule has 3 aromatic rings. The summed E-state index contributed by atoms with van der Waals surface area (Å²) < 4.78 is 4.28. The number of hydrogen-bond acceptors (Lipinski definition) is 8. The van der Waals surface area contributed by atoms with E-state index in [1.807, 2.05) is 6.92 Å². The smallest absolute Gasteiger partial charge is 0.205 e. The predicted octanol–water partition coefficient (Wildman–Crippen LogP) is 2.74. The largest absolute Gasteiger partial charge is 0.352 e. The van der Waals surface area contributed by atoms with Crippen molar-refractivity contribution in [2.75, 3.05) is 36.0 Å². The molecule has 6 nitrogen and oxygen atoms in total. The van der Waals surface area contributed by atoms with E-state index in [-0.39, 0.29) is 0 Å². The van der Waals surface area contributed by atoms with Crippen molar-refractivity contribution in [1.29, 1.82) is 0 Å². The van der Waals surface area contributed by atoms with Crippen molar-refractivity contribution in [3.8, 4) is 0 Å². The first kappa shape index (κ1) is 14.8. The van der Waals surface area contributed by atoms with Crippen LogP contribution < -0.4 is 9.80 Å². The average Bonchev–Trinajstić information content (AvgIpc) is 3.22. The van der Waals surface area contributed by atoms with Gasteiger partial charge in [0, 0.05) is 44.1 Å². The summed E-state index contributed by atoms with van der Waals surface area (Å²) in [6, 6.07) is 2.13. The standard InChI is InChI=1S/C15H18N6S2/c1-3-12-17-13(11-4-9-22-14(11)18-12)20-5-7-21(8-6-20)15-16-10(2)19-23-15/h4,9H,3,5-8H2,1-2H3. The van der Waals surface area contributed by atoms with E-state index in [0.717, 1.165) is 60.0 Å². The Balaban J connectivity index is 1.57. The summed E-state index contributed by atoms with van der Waals surface area (Å²) in [5.41, 5.74) is 0. The van der Waals surface area contributed by atoms with E-state index in [4.69, 9.17) is 4.98 Å². The fourth-order valence-electron chi connectivity index (χ4n) is 2.81. The molecular formula is C15H18N6S2. The van der Waals surface area contributed by atoms with Gasteiger partial charge >= 0.3 is 0 Å². The molecule has 0 spiro atoms. The van der Waals surface area contributed by atoms with Crippen molar-refractivity contribution in [3.05, 3.63) is 23.1 Å². The molecule has 0 aliphatic carbocycles. The number of fused-ring (bicyclic) bond motifs is 1. The number of aromatic nitrogens is 4. The molecule has 4 heterocycles. The van der Waals surface area contributed by atoms with Crippen molar-refractivity contribution in [3.63, 3.8) is 0 Å². The molecule has 0 bridgehead atoms. The monoisotopic (exact) mass is 346 g/mol. The fraction of sp³-hybridized carbons (Fsp3) is 0.467. The van der Waals surface area contributed by atoms with Gasteiger partial charge in [-0.05, 0) is 18.4 Å². The zero-order chi connectivity index (χ0) is 15.8. The van der Waals surface area contributed by atoms with Crippen LogP contribution in [0.1, 0.15) is 18.6 Å². The Bertz CT molecular complexity index is 818. The van der Waals surface area contributed by atoms with Gasteiger partial charge in [-0.1, -0.05) is 6.92 Å². The third-order valence-corrected chi connectivity index (χ3v) is 5.71. The second-order valence-electron chi connectivity index (χ2n) is 5.55. The number of piperazine rings is 1. The van der Waals surface area contributed by atoms with Gasteiger partial charge in [-0.25, -0.2) is 15.0 Å². The number of aryl methyl sites for hydroxylation is 2. The normalized spacial score (nSPS) is 15.6. The molecule has 23 heavy (non-hydrogen) atoms. The first-order chi connectivity index (χ1) is 11.2. The lowest BCUT2D eigenvalue weighted by Gasteiger charge is -2.35. The minimum atomic E-state index is 0.857. The van der Waals surface area contributed by atoms with Gasteiger partial charge in [-0.3, -0.25) is 0 Å². The molecule has 0 atom stereocenters. The van der Waals surface area contributed by atoms with Gasteiger partial charge in [0.05, 0.1) is 5.39 Å². The molecule has 0 N–H and O–H groups in total. The van der Waals surface area contributed by atoms with E-state index < -0.39 is 0 Å². The minimum absolute atomic E-state index is 0.857. The van der Waals surface area contributed by atoms with Crippen LogP contribution >= 0.6 is 22.9 Å². The van der Waals surface area contributed by atoms with E-state index in [1.165, 1.54) is 16.9 Å². The van der Waals surface area contributed by atoms with Crippen molar-refractivity contribution < 1.29 is 0 Å². The van der Waals surface area contributed by atoms with E-state index in [2.05, 4.69) is 42.5 Å². The number of thiophene rings is 1. The number of anilines is 2. The molecule has 0 saturated carbocycles. The first-order valence-corrected chi connectivity index (χ1v) is 9.44. The summed E-state index contributed by atoms with van der Waals surface area (Å²) in [6.07, 6.45) is 0.866. The van der Waals surface area contributed by atoms with Crippen molar-refractivity contribution in [2.24, 2.45) is 0 Å². The van der Waals surface area contributed by atoms with Crippen LogP contribution in [0.25, 0.3) is 10.2 Å². The number of nitrogens with zero attached hydrogens (tertiary/aromatic N) is 6. The second kappa shape index (κ2) is 6.01. The van der Waals surface area contributed by atoms with Crippen LogP contribution in [0.4, 0.5) is 10.9 Å². The van der Waals surface area contributed by atoms with Crippen LogP contribution in [-0.4, -0.2) is 45.5 Å². The summed E-state index contributed by atoms with van der Waals surface area (Å²) in [6.45, 7) is 7.84. The molecule has 120 valence electrons. The van der Waals surface area contributed by atoms with Gasteiger partial charge in [0.1, 0.15) is 22.3 Å². The molecule has 1 fully saturated rings. The zero-order valence-electron chi connectivity index (χ0n) is 13.2. The average molecular weight is 346 g/mol. The summed E-state index contributed by atoms with van der Waals surface area (Å²) in [7, 11) is 0. The van der Waals surface area contributed by atoms with Gasteiger partial charge in [0.25, 0.3) is 0 Å². The molecular weight excluding hydrogens is 328 g/mol. The minimum Gasteiger partial charge on any atom is -0.352 e. The van der Waals surface area contributed by atoms with Crippen LogP contribution in [-0.2, 0) is 6.42 Å². The number of rotatable bonds is 3. The molecule has 0 radical (unpaired) electrons. The van der Waals surface area contributed by atoms with Crippen molar-refractivity contribution in [2.45, 2.75) is 20.3 Å². The lowest BCUT2D eigenvalue weighted by atomic mass is 10.2. The Hall–Kier alpha value is -1.80. The maximum absolute atomic E-state index is 4.79. The maximum Gasteiger partial charge on any atom is 0.205 e. The van der Waals surface area contributed by atoms with E-state index >= 15 is 0 Å². The maximum atomic E-state index is 4.79. The van der Waals surface area contributed by atoms with Gasteiger partial charge in [-0.15, -0.1) is 11.3 Å². The van der Waals surface area contributed by atoms with E-state index in [0.29, 0.717) is 0 Å². The second-order valence-corrected chi connectivity index (χ2v) is 7.18. The summed E-state index contributed by atoms with van der Waals surface area (Å²) in [4.78, 5) is 19.7. The molecule has 3 aromatic heterocycles. The van der Waals surface area contributed by atoms with Crippen molar-refractivity contribution in [1.82, 2.24) is 19.3 Å². The van der Waals surface area contributed by atoms with Crippen molar-refractivity contribution >= 4 is 44.0 Å². The van der Waals surface area contributed by atoms with Gasteiger partial charge in [0.2, 0.25) is 5.13 Å². The highest BCUT2D eigenvalue weighted by Gasteiger charge is 2.22. The van der Waals surface area contributed by atoms with Gasteiger partial charge in [-0.2, -0.15) is 4.37 Å². The highest BCUT2D eigenvalue weighted by atomic mass is 32.1. The molecule has 8 heteroatoms. The summed E-state index contributed by atoms with van der Waals surface area (Å²) >= 11 is 3.18. The zero-order valence-corrected chi connectivity index (χ0v) is 14.8. The Kier molecular flexibility index (Phi) is 3.86. The molecule has 0 unspecified atom stereocenters. The lowest BCUT2D eigenvalue weighted by molar-refractivity contribution is 0.645. The molecule has 0 aromatic carbocycles. The van der Waals surface area contributed by atoms with Crippen LogP contribution in [0.15, 0.2) is 11.4 Å². The highest BCUT2D eigenvalue weighted by Crippen LogP contribution is 2.29. The predicted molar refractivity (Wildman–Crippen MR) is 95.9 cm³/mol. The summed E-state index contributed by atoms with van der Waals surface area (Å²) in [5, 5.41) is 4.30. The highest BCUT2D eigenvalue weighted by molar-refractivity contribution is 7.16. The van der Waals surface area contributed by atoms with Crippen LogP contribution in [0.5, 0.6) is 0 Å². The first-order valence-electron chi connectivity index (χ1n) is 7.79. The summed E-state index contributed by atoms with van der Waals surface area (Å²) in [5.74, 6) is 2.87. The SMILES string of the molecule is CCc1nc(N2CCN(c3nc(C)ns3)CC2)c2ccsc2n1. The quantitative estimate of drug-likeness (QED) is 0.727. The van der Waals surface area contributed by atoms with E-state index in [9.17, 15) is 0 Å². The van der Waals surface area contributed by atoms with Gasteiger partial charge < -0.3 is 9.80 Å². The third kappa shape index (κ3) is 2.76. The number of hydrogen-bond donors (Lipinski definition) is 0. The molecule has 1 aliphatic heterocycles. The Morgan fingerprint density at radius 2 is 1.87 bits per heavy atom. The topological polar surface area (TPSA) is 58.0 Å². The van der Waals surface area contributed by atoms with E-state index in [1.54, 1.807) is 11.3 Å². The Morgan fingerprint density at radius 1 is 1.09 bits per heavy atom. The molecule has 1 saturated heterocycles. The van der Waals surface area contributed by atoms with Crippen LogP contribution in [0.2, 0.25) is 0 Å². The van der Waals surface area contributed by atoms with Gasteiger partial charge in [0.15, 0.2) is 0 Å². The third-order valence-electron chi connectivity index (χ3n) is 4.03. The Morgan fingerprint density at radius 3 is 2.57 bits per heavy atom. The molecule has 4 rings (SSSR count). The van der Waals surface area contributed by atoms with Crippen LogP contribution in [0.3, 0.4) is 0 Å². The molecule has 1 aliphatic rings. The lowest BCUT2D eigenvalue weighted by Crippen LogP contribution is -2.47. The Labute approximate surface area is 143 Å². The molecule has 0 amide bonds. The fourth-order valence-corrected chi connectivity index (χ4v) is 4.31. The van der Waals surface area contributed by atoms with Crippen LogP contribution in [0, 0.1) is 6.92 Å².